The van der Waals surface area contributed by atoms with Crippen LogP contribution in [0.25, 0.3) is 0 Å². The maximum absolute atomic E-state index is 13.8. The van der Waals surface area contributed by atoms with Gasteiger partial charge in [0.15, 0.2) is 5.78 Å². The fraction of sp³-hybridized carbons (Fsp3) is 0.409. The molecule has 0 spiro atoms. The molecule has 2 saturated heterocycles. The zero-order valence-corrected chi connectivity index (χ0v) is 14.6. The molecule has 0 aromatic heterocycles. The van der Waals surface area contributed by atoms with Crippen LogP contribution < -0.4 is 0 Å². The molecule has 0 amide bonds. The highest BCUT2D eigenvalue weighted by atomic mass is 19.1. The number of halogens is 1. The number of carbonyl (C=O) groups excluding carboxylic acids is 1. The Kier molecular flexibility index (Phi) is 4.43. The number of hydrogen-bond donors (Lipinski definition) is 0. The van der Waals surface area contributed by atoms with Crippen molar-refractivity contribution in [2.45, 2.75) is 51.2 Å². The number of fused-ring (bicyclic) bond motifs is 2. The summed E-state index contributed by atoms with van der Waals surface area (Å²) in [7, 11) is 0. The number of carbonyl (C=O) groups is 1. The van der Waals surface area contributed by atoms with Gasteiger partial charge in [0.05, 0.1) is 0 Å². The monoisotopic (exact) mass is 337 g/mol. The van der Waals surface area contributed by atoms with Crippen molar-refractivity contribution in [3.8, 4) is 0 Å². The van der Waals surface area contributed by atoms with E-state index in [1.807, 2.05) is 6.07 Å². The zero-order chi connectivity index (χ0) is 17.4. The van der Waals surface area contributed by atoms with Crippen molar-refractivity contribution in [1.29, 1.82) is 0 Å². The zero-order valence-electron chi connectivity index (χ0n) is 14.6. The lowest BCUT2D eigenvalue weighted by atomic mass is 9.84. The van der Waals surface area contributed by atoms with Gasteiger partial charge in [-0.3, -0.25) is 9.69 Å². The minimum atomic E-state index is -0.282. The van der Waals surface area contributed by atoms with Gasteiger partial charge in [0, 0.05) is 30.1 Å². The van der Waals surface area contributed by atoms with Crippen molar-refractivity contribution < 1.29 is 9.18 Å². The maximum Gasteiger partial charge on any atom is 0.166 e. The average Bonchev–Trinajstić information content (AvgIpc) is 2.86. The van der Waals surface area contributed by atoms with E-state index in [0.29, 0.717) is 23.2 Å². The van der Waals surface area contributed by atoms with Crippen LogP contribution in [0.2, 0.25) is 0 Å². The number of Topliss-reactive ketones (excluding diaryl/α,β-unsaturated/α-hetero) is 1. The lowest BCUT2D eigenvalue weighted by Crippen LogP contribution is -2.44. The third-order valence-corrected chi connectivity index (χ3v) is 5.92. The van der Waals surface area contributed by atoms with Crippen LogP contribution in [0.3, 0.4) is 0 Å². The molecule has 2 aliphatic heterocycles. The van der Waals surface area contributed by atoms with Crippen molar-refractivity contribution >= 4 is 5.78 Å². The molecule has 2 aromatic carbocycles. The van der Waals surface area contributed by atoms with Gasteiger partial charge in [-0.05, 0) is 49.8 Å². The maximum atomic E-state index is 13.8. The van der Waals surface area contributed by atoms with Gasteiger partial charge in [-0.15, -0.1) is 0 Å². The molecule has 2 fully saturated rings. The van der Waals surface area contributed by atoms with Crippen LogP contribution in [0.4, 0.5) is 4.39 Å². The van der Waals surface area contributed by atoms with Crippen LogP contribution in [-0.2, 0) is 6.54 Å². The lowest BCUT2D eigenvalue weighted by Gasteiger charge is -2.38. The largest absolute Gasteiger partial charge is 0.294 e. The van der Waals surface area contributed by atoms with E-state index >= 15 is 0 Å². The minimum Gasteiger partial charge on any atom is -0.294 e. The van der Waals surface area contributed by atoms with Gasteiger partial charge in [0.1, 0.15) is 5.82 Å². The first-order valence-electron chi connectivity index (χ1n) is 9.22. The van der Waals surface area contributed by atoms with Gasteiger partial charge in [0.2, 0.25) is 0 Å². The normalized spacial score (nSPS) is 25.9. The van der Waals surface area contributed by atoms with Crippen molar-refractivity contribution in [2.75, 3.05) is 0 Å². The highest BCUT2D eigenvalue weighted by Gasteiger charge is 2.42. The third-order valence-electron chi connectivity index (χ3n) is 5.92. The van der Waals surface area contributed by atoms with Gasteiger partial charge in [-0.1, -0.05) is 42.5 Å². The predicted molar refractivity (Wildman–Crippen MR) is 97.0 cm³/mol. The smallest absolute Gasteiger partial charge is 0.166 e. The van der Waals surface area contributed by atoms with Gasteiger partial charge in [-0.2, -0.15) is 0 Å². The first kappa shape index (κ1) is 16.5. The van der Waals surface area contributed by atoms with Crippen LogP contribution >= 0.6 is 0 Å². The van der Waals surface area contributed by atoms with Gasteiger partial charge in [0.25, 0.3) is 0 Å². The summed E-state index contributed by atoms with van der Waals surface area (Å²) in [6, 6.07) is 16.4. The summed E-state index contributed by atoms with van der Waals surface area (Å²) in [4.78, 5) is 15.4. The van der Waals surface area contributed by atoms with Crippen LogP contribution in [0, 0.1) is 18.7 Å². The average molecular weight is 337 g/mol. The second-order valence-corrected chi connectivity index (χ2v) is 7.54. The standard InChI is InChI=1S/C22H24FNO/c1-15-7-8-17(13-21(15)23)22(25)18-11-19-9-10-20(12-18)24(19)14-16-5-3-2-4-6-16/h2-8,13,18-20H,9-12,14H2,1H3. The molecule has 130 valence electrons. The summed E-state index contributed by atoms with van der Waals surface area (Å²) >= 11 is 0. The summed E-state index contributed by atoms with van der Waals surface area (Å²) in [5.41, 5.74) is 2.46. The molecule has 2 aliphatic rings. The number of rotatable bonds is 4. The minimum absolute atomic E-state index is 0.0339. The molecule has 0 aliphatic carbocycles. The summed E-state index contributed by atoms with van der Waals surface area (Å²) in [6.07, 6.45) is 4.14. The van der Waals surface area contributed by atoms with Crippen LogP contribution in [0.1, 0.15) is 47.2 Å². The first-order valence-corrected chi connectivity index (χ1v) is 9.22. The fourth-order valence-electron chi connectivity index (χ4n) is 4.52. The van der Waals surface area contributed by atoms with Crippen molar-refractivity contribution in [3.63, 3.8) is 0 Å². The predicted octanol–water partition coefficient (Wildman–Crippen LogP) is 4.76. The number of piperidine rings is 1. The number of ketones is 1. The van der Waals surface area contributed by atoms with E-state index in [-0.39, 0.29) is 17.5 Å². The third kappa shape index (κ3) is 3.25. The molecule has 0 radical (unpaired) electrons. The summed E-state index contributed by atoms with van der Waals surface area (Å²) < 4.78 is 13.8. The SMILES string of the molecule is Cc1ccc(C(=O)C2CC3CCC(C2)N3Cc2ccccc2)cc1F. The molecule has 2 nitrogen and oxygen atoms in total. The van der Waals surface area contributed by atoms with Crippen molar-refractivity contribution in [1.82, 2.24) is 4.90 Å². The topological polar surface area (TPSA) is 20.3 Å². The fourth-order valence-corrected chi connectivity index (χ4v) is 4.52. The molecule has 2 heterocycles. The van der Waals surface area contributed by atoms with Gasteiger partial charge < -0.3 is 0 Å². The lowest BCUT2D eigenvalue weighted by molar-refractivity contribution is 0.0678. The van der Waals surface area contributed by atoms with Gasteiger partial charge >= 0.3 is 0 Å². The van der Waals surface area contributed by atoms with Gasteiger partial charge in [-0.25, -0.2) is 4.39 Å². The van der Waals surface area contributed by atoms with Crippen molar-refractivity contribution in [2.24, 2.45) is 5.92 Å². The highest BCUT2D eigenvalue weighted by Crippen LogP contribution is 2.40. The van der Waals surface area contributed by atoms with Crippen LogP contribution in [0.5, 0.6) is 0 Å². The Morgan fingerprint density at radius 2 is 1.76 bits per heavy atom. The van der Waals surface area contributed by atoms with E-state index in [9.17, 15) is 9.18 Å². The van der Waals surface area contributed by atoms with Crippen LogP contribution in [0.15, 0.2) is 48.5 Å². The Bertz CT molecular complexity index is 759. The molecule has 0 saturated carbocycles. The quantitative estimate of drug-likeness (QED) is 0.750. The van der Waals surface area contributed by atoms with E-state index in [4.69, 9.17) is 0 Å². The molecule has 25 heavy (non-hydrogen) atoms. The molecule has 2 atom stereocenters. The second-order valence-electron chi connectivity index (χ2n) is 7.54. The molecule has 2 aromatic rings. The molecular formula is C22H24FNO. The molecule has 4 rings (SSSR count). The molecular weight excluding hydrogens is 313 g/mol. The Balaban J connectivity index is 1.47. The number of aryl methyl sites for hydroxylation is 1. The molecule has 2 bridgehead atoms. The Morgan fingerprint density at radius 1 is 1.08 bits per heavy atom. The van der Waals surface area contributed by atoms with Crippen LogP contribution in [-0.4, -0.2) is 22.8 Å². The summed E-state index contributed by atoms with van der Waals surface area (Å²) in [6.45, 7) is 2.70. The molecule has 0 N–H and O–H groups in total. The molecule has 3 heteroatoms. The Morgan fingerprint density at radius 3 is 2.40 bits per heavy atom. The number of hydrogen-bond acceptors (Lipinski definition) is 2. The second kappa shape index (κ2) is 6.72. The van der Waals surface area contributed by atoms with E-state index in [2.05, 4.69) is 29.2 Å². The Labute approximate surface area is 148 Å². The van der Waals surface area contributed by atoms with Crippen molar-refractivity contribution in [3.05, 3.63) is 71.0 Å². The van der Waals surface area contributed by atoms with E-state index in [0.717, 1.165) is 19.4 Å². The van der Waals surface area contributed by atoms with E-state index < -0.39 is 0 Å². The number of nitrogens with zero attached hydrogens (tertiary/aromatic N) is 1. The molecule has 2 unspecified atom stereocenters. The first-order chi connectivity index (χ1) is 12.1. The summed E-state index contributed by atoms with van der Waals surface area (Å²) in [5, 5.41) is 0. The summed E-state index contributed by atoms with van der Waals surface area (Å²) in [5.74, 6) is -0.128. The Hall–Kier alpha value is -2.00. The van der Waals surface area contributed by atoms with E-state index in [1.165, 1.54) is 24.5 Å². The van der Waals surface area contributed by atoms with E-state index in [1.54, 1.807) is 19.1 Å². The highest BCUT2D eigenvalue weighted by molar-refractivity contribution is 5.98. The number of benzene rings is 2.